The summed E-state index contributed by atoms with van der Waals surface area (Å²) in [5, 5.41) is 29.8. The number of rotatable bonds is 8. The number of aromatic hydroxyl groups is 1. The number of amides is 2. The summed E-state index contributed by atoms with van der Waals surface area (Å²) in [6.07, 6.45) is 2.78. The number of benzene rings is 2. The van der Waals surface area contributed by atoms with Gasteiger partial charge in [-0.1, -0.05) is 77.6 Å². The SMILES string of the molecule is CCc1ccc(-n2nc(C(C)(C)C)cc2NC(=O)NCc2ccccc2Sc2ccc3nnc(C(C)C)n3c2)cc1O. The van der Waals surface area contributed by atoms with Gasteiger partial charge in [-0.25, -0.2) is 9.48 Å². The van der Waals surface area contributed by atoms with E-state index in [1.54, 1.807) is 22.5 Å². The molecule has 0 atom stereocenters. The molecular weight excluding hydrogens is 546 g/mol. The number of aromatic nitrogens is 5. The van der Waals surface area contributed by atoms with Crippen molar-refractivity contribution >= 4 is 29.3 Å². The summed E-state index contributed by atoms with van der Waals surface area (Å²) in [4.78, 5) is 15.2. The topological polar surface area (TPSA) is 109 Å². The maximum Gasteiger partial charge on any atom is 0.320 e. The number of phenolic OH excluding ortho intramolecular Hbond substituents is 1. The second kappa shape index (κ2) is 11.9. The van der Waals surface area contributed by atoms with Crippen LogP contribution in [-0.4, -0.2) is 35.5 Å². The second-order valence-corrected chi connectivity index (χ2v) is 12.7. The van der Waals surface area contributed by atoms with E-state index in [0.29, 0.717) is 18.1 Å². The zero-order valence-corrected chi connectivity index (χ0v) is 25.7. The molecular formula is C32H37N7O2S. The lowest BCUT2D eigenvalue weighted by molar-refractivity contribution is 0.251. The summed E-state index contributed by atoms with van der Waals surface area (Å²) >= 11 is 1.63. The summed E-state index contributed by atoms with van der Waals surface area (Å²) in [5.41, 5.74) is 3.93. The van der Waals surface area contributed by atoms with E-state index in [1.165, 1.54) is 0 Å². The highest BCUT2D eigenvalue weighted by atomic mass is 32.2. The van der Waals surface area contributed by atoms with Crippen LogP contribution >= 0.6 is 11.8 Å². The van der Waals surface area contributed by atoms with Crippen LogP contribution in [0.2, 0.25) is 0 Å². The molecule has 2 aromatic carbocycles. The van der Waals surface area contributed by atoms with Gasteiger partial charge in [-0.2, -0.15) is 5.10 Å². The number of pyridine rings is 1. The lowest BCUT2D eigenvalue weighted by atomic mass is 9.92. The number of hydrogen-bond donors (Lipinski definition) is 3. The second-order valence-electron chi connectivity index (χ2n) is 11.6. The molecule has 42 heavy (non-hydrogen) atoms. The summed E-state index contributed by atoms with van der Waals surface area (Å²) in [6, 6.07) is 19.0. The first-order chi connectivity index (χ1) is 20.0. The summed E-state index contributed by atoms with van der Waals surface area (Å²) < 4.78 is 3.70. The normalized spacial score (nSPS) is 11.8. The molecule has 9 nitrogen and oxygen atoms in total. The van der Waals surface area contributed by atoms with Crippen LogP contribution in [0.5, 0.6) is 5.75 Å². The number of aryl methyl sites for hydroxylation is 1. The number of carbonyl (C=O) groups excluding carboxylic acids is 1. The molecule has 5 rings (SSSR count). The molecule has 0 saturated carbocycles. The van der Waals surface area contributed by atoms with Gasteiger partial charge in [0.2, 0.25) is 0 Å². The van der Waals surface area contributed by atoms with E-state index < -0.39 is 0 Å². The third-order valence-electron chi connectivity index (χ3n) is 6.97. The molecule has 218 valence electrons. The quantitative estimate of drug-likeness (QED) is 0.180. The van der Waals surface area contributed by atoms with Gasteiger partial charge in [-0.15, -0.1) is 10.2 Å². The van der Waals surface area contributed by atoms with Crippen molar-refractivity contribution < 1.29 is 9.90 Å². The van der Waals surface area contributed by atoms with Crippen LogP contribution in [0.15, 0.2) is 76.7 Å². The monoisotopic (exact) mass is 583 g/mol. The van der Waals surface area contributed by atoms with E-state index in [2.05, 4.69) is 67.7 Å². The molecule has 3 aromatic heterocycles. The maximum absolute atomic E-state index is 13.1. The van der Waals surface area contributed by atoms with Crippen molar-refractivity contribution in [2.75, 3.05) is 5.32 Å². The van der Waals surface area contributed by atoms with Gasteiger partial charge in [0, 0.05) is 46.0 Å². The van der Waals surface area contributed by atoms with Crippen molar-refractivity contribution in [1.82, 2.24) is 29.7 Å². The van der Waals surface area contributed by atoms with E-state index in [1.807, 2.05) is 59.9 Å². The van der Waals surface area contributed by atoms with Crippen molar-refractivity contribution in [3.8, 4) is 11.4 Å². The molecule has 0 unspecified atom stereocenters. The van der Waals surface area contributed by atoms with E-state index in [4.69, 9.17) is 5.10 Å². The van der Waals surface area contributed by atoms with Gasteiger partial charge >= 0.3 is 6.03 Å². The van der Waals surface area contributed by atoms with Crippen LogP contribution in [-0.2, 0) is 18.4 Å². The first-order valence-corrected chi connectivity index (χ1v) is 14.9. The fraction of sp³-hybridized carbons (Fsp3) is 0.312. The predicted molar refractivity (Wildman–Crippen MR) is 167 cm³/mol. The Morgan fingerprint density at radius 2 is 1.81 bits per heavy atom. The summed E-state index contributed by atoms with van der Waals surface area (Å²) in [5.74, 6) is 1.90. The highest BCUT2D eigenvalue weighted by molar-refractivity contribution is 7.99. The molecule has 0 aliphatic rings. The molecule has 0 saturated heterocycles. The van der Waals surface area contributed by atoms with Gasteiger partial charge in [0.1, 0.15) is 17.4 Å². The number of urea groups is 1. The number of carbonyl (C=O) groups is 1. The van der Waals surface area contributed by atoms with Gasteiger partial charge in [-0.05, 0) is 41.8 Å². The summed E-state index contributed by atoms with van der Waals surface area (Å²) in [7, 11) is 0. The van der Waals surface area contributed by atoms with Crippen molar-refractivity contribution in [2.24, 2.45) is 0 Å². The Morgan fingerprint density at radius 3 is 2.52 bits per heavy atom. The van der Waals surface area contributed by atoms with Crippen molar-refractivity contribution in [1.29, 1.82) is 0 Å². The van der Waals surface area contributed by atoms with Gasteiger partial charge in [-0.3, -0.25) is 9.72 Å². The van der Waals surface area contributed by atoms with E-state index in [9.17, 15) is 9.90 Å². The first-order valence-electron chi connectivity index (χ1n) is 14.1. The lowest BCUT2D eigenvalue weighted by Gasteiger charge is -2.14. The van der Waals surface area contributed by atoms with E-state index >= 15 is 0 Å². The zero-order valence-electron chi connectivity index (χ0n) is 24.8. The van der Waals surface area contributed by atoms with Crippen molar-refractivity contribution in [3.63, 3.8) is 0 Å². The first kappa shape index (κ1) is 29.2. The Labute approximate surface area is 250 Å². The molecule has 10 heteroatoms. The number of anilines is 1. The standard InChI is InChI=1S/C32H37N7O2S/c1-7-21-12-13-23(16-25(21)40)39-29(17-27(37-39)32(4,5)6)34-31(41)33-18-22-10-8-9-11-26(22)42-24-14-15-28-35-36-30(20(2)3)38(28)19-24/h8-17,19-20,40H,7,18H2,1-6H3,(H2,33,34,41). The minimum atomic E-state index is -0.349. The average molecular weight is 584 g/mol. The van der Waals surface area contributed by atoms with Crippen LogP contribution < -0.4 is 10.6 Å². The van der Waals surface area contributed by atoms with Crippen LogP contribution in [0.4, 0.5) is 10.6 Å². The molecule has 0 radical (unpaired) electrons. The fourth-order valence-corrected chi connectivity index (χ4v) is 5.54. The number of nitrogens with zero attached hydrogens (tertiary/aromatic N) is 5. The Hall–Kier alpha value is -4.31. The number of hydrogen-bond acceptors (Lipinski definition) is 6. The fourth-order valence-electron chi connectivity index (χ4n) is 4.57. The van der Waals surface area contributed by atoms with E-state index in [0.717, 1.165) is 44.5 Å². The molecule has 3 heterocycles. The van der Waals surface area contributed by atoms with Gasteiger partial charge in [0.25, 0.3) is 0 Å². The van der Waals surface area contributed by atoms with Gasteiger partial charge < -0.3 is 10.4 Å². The van der Waals surface area contributed by atoms with Gasteiger partial charge in [0.05, 0.1) is 11.4 Å². The minimum Gasteiger partial charge on any atom is -0.508 e. The molecule has 0 fully saturated rings. The van der Waals surface area contributed by atoms with Crippen LogP contribution in [0.1, 0.15) is 70.1 Å². The smallest absolute Gasteiger partial charge is 0.320 e. The average Bonchev–Trinajstić information content (AvgIpc) is 3.57. The third kappa shape index (κ3) is 6.28. The lowest BCUT2D eigenvalue weighted by Crippen LogP contribution is -2.29. The molecule has 0 spiro atoms. The molecule has 5 aromatic rings. The Balaban J connectivity index is 1.33. The van der Waals surface area contributed by atoms with Crippen LogP contribution in [0.25, 0.3) is 11.3 Å². The van der Waals surface area contributed by atoms with E-state index in [-0.39, 0.29) is 23.1 Å². The van der Waals surface area contributed by atoms with Crippen LogP contribution in [0, 0.1) is 0 Å². The molecule has 0 bridgehead atoms. The highest BCUT2D eigenvalue weighted by Crippen LogP contribution is 2.32. The highest BCUT2D eigenvalue weighted by Gasteiger charge is 2.22. The van der Waals surface area contributed by atoms with Crippen molar-refractivity contribution in [3.05, 3.63) is 89.5 Å². The summed E-state index contributed by atoms with van der Waals surface area (Å²) in [6.45, 7) is 12.7. The van der Waals surface area contributed by atoms with Crippen LogP contribution in [0.3, 0.4) is 0 Å². The maximum atomic E-state index is 13.1. The number of fused-ring (bicyclic) bond motifs is 1. The number of phenols is 1. The third-order valence-corrected chi connectivity index (χ3v) is 8.07. The largest absolute Gasteiger partial charge is 0.508 e. The Morgan fingerprint density at radius 1 is 1.02 bits per heavy atom. The van der Waals surface area contributed by atoms with Gasteiger partial charge in [0.15, 0.2) is 5.65 Å². The Bertz CT molecular complexity index is 1730. The molecule has 3 N–H and O–H groups in total. The molecule has 0 aliphatic carbocycles. The van der Waals surface area contributed by atoms with Crippen molar-refractivity contribution in [2.45, 2.75) is 75.6 Å². The predicted octanol–water partition coefficient (Wildman–Crippen LogP) is 7.08. The molecule has 2 amide bonds. The Kier molecular flexibility index (Phi) is 8.27. The zero-order chi connectivity index (χ0) is 30.0. The molecule has 0 aliphatic heterocycles. The minimum absolute atomic E-state index is 0.205. The number of nitrogens with one attached hydrogen (secondary N) is 2.